The van der Waals surface area contributed by atoms with Crippen LogP contribution in [0.5, 0.6) is 0 Å². The molecule has 0 radical (unpaired) electrons. The molecule has 0 fully saturated rings. The van der Waals surface area contributed by atoms with Crippen molar-refractivity contribution in [3.05, 3.63) is 0 Å². The van der Waals surface area contributed by atoms with Gasteiger partial charge in [0.25, 0.3) is 0 Å². The Labute approximate surface area is 104 Å². The van der Waals surface area contributed by atoms with Crippen molar-refractivity contribution in [2.75, 3.05) is 19.8 Å². The molecule has 0 aromatic rings. The smallest absolute Gasteiger partial charge is 0.323 e. The van der Waals surface area contributed by atoms with E-state index in [1.807, 2.05) is 0 Å². The molecule has 0 bridgehead atoms. The summed E-state index contributed by atoms with van der Waals surface area (Å²) in [7, 11) is -7.74. The molecule has 0 saturated heterocycles. The van der Waals surface area contributed by atoms with Gasteiger partial charge in [-0.3, -0.25) is 9.13 Å². The zero-order valence-electron chi connectivity index (χ0n) is 9.46. The van der Waals surface area contributed by atoms with E-state index in [1.54, 1.807) is 20.8 Å². The lowest BCUT2D eigenvalue weighted by Gasteiger charge is -2.24. The lowest BCUT2D eigenvalue weighted by Crippen LogP contribution is -2.09. The minimum atomic E-state index is -4.06. The quantitative estimate of drug-likeness (QED) is 0.540. The van der Waals surface area contributed by atoms with Crippen LogP contribution in [-0.4, -0.2) is 29.0 Å². The molecule has 0 spiro atoms. The average Bonchev–Trinajstić information content (AvgIpc) is 2.17. The Bertz CT molecular complexity index is 287. The van der Waals surface area contributed by atoms with Crippen LogP contribution >= 0.6 is 31.1 Å². The fraction of sp³-hybridized carbons (Fsp3) is 1.00. The van der Waals surface area contributed by atoms with Crippen LogP contribution < -0.4 is 0 Å². The molecule has 0 heterocycles. The van der Waals surface area contributed by atoms with E-state index in [1.165, 1.54) is 0 Å². The third-order valence-electron chi connectivity index (χ3n) is 1.46. The van der Waals surface area contributed by atoms with Gasteiger partial charge < -0.3 is 18.5 Å². The molecule has 0 aliphatic heterocycles. The SMILES string of the molecule is CCOP(=O)(O)C(Br)P(=O)(OCC)OCC. The Hall–Kier alpha value is 0.780. The first kappa shape index (κ1) is 16.8. The number of hydrogen-bond acceptors (Lipinski definition) is 5. The van der Waals surface area contributed by atoms with Crippen LogP contribution in [0.15, 0.2) is 0 Å². The van der Waals surface area contributed by atoms with Crippen molar-refractivity contribution in [2.45, 2.75) is 25.1 Å². The molecule has 9 heteroatoms. The second-order valence-corrected chi connectivity index (χ2v) is 9.42. The summed E-state index contributed by atoms with van der Waals surface area (Å²) in [4.78, 5) is 9.53. The summed E-state index contributed by atoms with van der Waals surface area (Å²) < 4.78 is 37.0. The Morgan fingerprint density at radius 2 is 1.44 bits per heavy atom. The molecule has 6 nitrogen and oxygen atoms in total. The molecule has 98 valence electrons. The van der Waals surface area contributed by atoms with Crippen LogP contribution in [0.2, 0.25) is 0 Å². The fourth-order valence-corrected chi connectivity index (χ4v) is 5.57. The van der Waals surface area contributed by atoms with E-state index < -0.39 is 19.5 Å². The molecule has 0 aliphatic carbocycles. The molecule has 0 rings (SSSR count). The van der Waals surface area contributed by atoms with Gasteiger partial charge >= 0.3 is 15.2 Å². The first-order valence-corrected chi connectivity index (χ1v) is 9.01. The van der Waals surface area contributed by atoms with Crippen molar-refractivity contribution < 1.29 is 27.6 Å². The van der Waals surface area contributed by atoms with Gasteiger partial charge in [-0.2, -0.15) is 0 Å². The number of halogens is 1. The normalized spacial score (nSPS) is 18.1. The van der Waals surface area contributed by atoms with Gasteiger partial charge in [-0.25, -0.2) is 0 Å². The van der Waals surface area contributed by atoms with Crippen LogP contribution in [0.4, 0.5) is 0 Å². The number of rotatable bonds is 8. The van der Waals surface area contributed by atoms with E-state index >= 15 is 0 Å². The number of alkyl halides is 1. The van der Waals surface area contributed by atoms with E-state index in [9.17, 15) is 14.0 Å². The first-order chi connectivity index (χ1) is 7.34. The second kappa shape index (κ2) is 7.27. The summed E-state index contributed by atoms with van der Waals surface area (Å²) in [5.41, 5.74) is 0. The van der Waals surface area contributed by atoms with Gasteiger partial charge in [0.15, 0.2) is 0 Å². The van der Waals surface area contributed by atoms with Gasteiger partial charge in [0, 0.05) is 0 Å². The monoisotopic (exact) mass is 338 g/mol. The molecule has 2 unspecified atom stereocenters. The minimum absolute atomic E-state index is 0.0358. The predicted molar refractivity (Wildman–Crippen MR) is 65.0 cm³/mol. The maximum atomic E-state index is 12.1. The van der Waals surface area contributed by atoms with Crippen LogP contribution in [0.1, 0.15) is 20.8 Å². The predicted octanol–water partition coefficient (Wildman–Crippen LogP) is 3.15. The van der Waals surface area contributed by atoms with Gasteiger partial charge in [0.05, 0.1) is 19.8 Å². The molecule has 0 aromatic carbocycles. The van der Waals surface area contributed by atoms with E-state index in [0.717, 1.165) is 0 Å². The minimum Gasteiger partial charge on any atom is -0.323 e. The number of hydrogen-bond donors (Lipinski definition) is 1. The molecule has 16 heavy (non-hydrogen) atoms. The standard InChI is InChI=1S/C7H17BrO6P2/c1-4-12-15(9,10)7(8)16(11,13-5-2)14-6-3/h7H,4-6H2,1-3H3,(H,9,10). The zero-order chi connectivity index (χ0) is 12.8. The summed E-state index contributed by atoms with van der Waals surface area (Å²) in [5.74, 6) is 0. The van der Waals surface area contributed by atoms with Crippen LogP contribution in [0.25, 0.3) is 0 Å². The lowest BCUT2D eigenvalue weighted by atomic mass is 10.9. The molecule has 2 atom stereocenters. The van der Waals surface area contributed by atoms with Gasteiger partial charge in [-0.1, -0.05) is 15.9 Å². The third kappa shape index (κ3) is 4.57. The Morgan fingerprint density at radius 1 is 1.06 bits per heavy atom. The highest BCUT2D eigenvalue weighted by Crippen LogP contribution is 2.70. The van der Waals surface area contributed by atoms with E-state index in [2.05, 4.69) is 20.5 Å². The summed E-state index contributed by atoms with van der Waals surface area (Å²) in [5, 5.41) is 0. The van der Waals surface area contributed by atoms with Crippen molar-refractivity contribution in [2.24, 2.45) is 0 Å². The van der Waals surface area contributed by atoms with Crippen molar-refractivity contribution >= 4 is 31.1 Å². The molecule has 0 amide bonds. The van der Waals surface area contributed by atoms with Gasteiger partial charge in [0.2, 0.25) is 4.31 Å². The molecule has 0 saturated carbocycles. The van der Waals surface area contributed by atoms with Crippen molar-refractivity contribution in [1.29, 1.82) is 0 Å². The topological polar surface area (TPSA) is 82.1 Å². The van der Waals surface area contributed by atoms with Crippen LogP contribution in [0, 0.1) is 0 Å². The van der Waals surface area contributed by atoms with E-state index in [-0.39, 0.29) is 19.8 Å². The molecular weight excluding hydrogens is 322 g/mol. The summed E-state index contributed by atoms with van der Waals surface area (Å²) in [6.45, 7) is 5.07. The maximum Gasteiger partial charge on any atom is 0.356 e. The third-order valence-corrected chi connectivity index (χ3v) is 9.17. The fourth-order valence-electron chi connectivity index (χ4n) is 0.945. The van der Waals surface area contributed by atoms with Gasteiger partial charge in [0.1, 0.15) is 0 Å². The highest BCUT2D eigenvalue weighted by atomic mass is 79.9. The van der Waals surface area contributed by atoms with Crippen LogP contribution in [-0.2, 0) is 22.7 Å². The van der Waals surface area contributed by atoms with E-state index in [0.29, 0.717) is 0 Å². The van der Waals surface area contributed by atoms with Gasteiger partial charge in [-0.15, -0.1) is 0 Å². The summed E-state index contributed by atoms with van der Waals surface area (Å²) >= 11 is 2.87. The highest BCUT2D eigenvalue weighted by Gasteiger charge is 2.47. The van der Waals surface area contributed by atoms with E-state index in [4.69, 9.17) is 9.05 Å². The van der Waals surface area contributed by atoms with Crippen molar-refractivity contribution in [3.8, 4) is 0 Å². The molecule has 0 aliphatic rings. The zero-order valence-corrected chi connectivity index (χ0v) is 12.8. The Morgan fingerprint density at radius 3 is 1.75 bits per heavy atom. The summed E-state index contributed by atoms with van der Waals surface area (Å²) in [6.07, 6.45) is 0. The molecule has 1 N–H and O–H groups in total. The largest absolute Gasteiger partial charge is 0.356 e. The van der Waals surface area contributed by atoms with Crippen molar-refractivity contribution in [3.63, 3.8) is 0 Å². The average molecular weight is 339 g/mol. The molecular formula is C7H17BrO6P2. The van der Waals surface area contributed by atoms with Crippen LogP contribution in [0.3, 0.4) is 0 Å². The highest BCUT2D eigenvalue weighted by molar-refractivity contribution is 9.12. The Kier molecular flexibility index (Phi) is 7.62. The second-order valence-electron chi connectivity index (χ2n) is 2.67. The van der Waals surface area contributed by atoms with Gasteiger partial charge in [-0.05, 0) is 20.8 Å². The Balaban J connectivity index is 4.93. The summed E-state index contributed by atoms with van der Waals surface area (Å²) in [6, 6.07) is 0. The van der Waals surface area contributed by atoms with Crippen molar-refractivity contribution in [1.82, 2.24) is 0 Å². The lowest BCUT2D eigenvalue weighted by molar-refractivity contribution is 0.217. The molecule has 0 aromatic heterocycles. The first-order valence-electron chi connectivity index (χ1n) is 4.83. The maximum absolute atomic E-state index is 12.1.